The summed E-state index contributed by atoms with van der Waals surface area (Å²) in [5.74, 6) is -0.939. The summed E-state index contributed by atoms with van der Waals surface area (Å²) in [5.41, 5.74) is 0.176. The molecule has 1 aliphatic rings. The number of nitrogens with zero attached hydrogens (tertiary/aromatic N) is 3. The predicted octanol–water partition coefficient (Wildman–Crippen LogP) is 2.62. The molecule has 1 amide bonds. The summed E-state index contributed by atoms with van der Waals surface area (Å²) in [5, 5.41) is 3.96. The third-order valence-electron chi connectivity index (χ3n) is 4.47. The Bertz CT molecular complexity index is 957. The minimum absolute atomic E-state index is 0.0585. The summed E-state index contributed by atoms with van der Waals surface area (Å²) in [6.07, 6.45) is 0.427. The number of benzene rings is 1. The van der Waals surface area contributed by atoms with E-state index < -0.39 is 21.7 Å². The number of hydrogen-bond acceptors (Lipinski definition) is 5. The first kappa shape index (κ1) is 19.8. The van der Waals surface area contributed by atoms with Crippen molar-refractivity contribution in [3.05, 3.63) is 46.1 Å². The van der Waals surface area contributed by atoms with Gasteiger partial charge in [0.2, 0.25) is 10.0 Å². The number of halogens is 2. The van der Waals surface area contributed by atoms with E-state index >= 15 is 0 Å². The SMILES string of the molecule is Cc1noc(C)c1S(=O)(=O)N1CCCN(C(=O)c2cc(Cl)ccc2F)CC1. The first-order valence-electron chi connectivity index (χ1n) is 8.39. The lowest BCUT2D eigenvalue weighted by Crippen LogP contribution is -2.37. The van der Waals surface area contributed by atoms with E-state index in [0.717, 1.165) is 6.07 Å². The molecule has 1 aromatic heterocycles. The number of hydrogen-bond donors (Lipinski definition) is 0. The third-order valence-corrected chi connectivity index (χ3v) is 6.85. The van der Waals surface area contributed by atoms with Gasteiger partial charge in [0, 0.05) is 31.2 Å². The van der Waals surface area contributed by atoms with Gasteiger partial charge < -0.3 is 9.42 Å². The Labute approximate surface area is 161 Å². The molecule has 3 rings (SSSR count). The normalized spacial score (nSPS) is 16.4. The van der Waals surface area contributed by atoms with Crippen molar-refractivity contribution in [1.82, 2.24) is 14.4 Å². The molecule has 0 atom stereocenters. The Kier molecular flexibility index (Phi) is 5.55. The zero-order valence-corrected chi connectivity index (χ0v) is 16.5. The molecule has 146 valence electrons. The van der Waals surface area contributed by atoms with Crippen molar-refractivity contribution in [2.45, 2.75) is 25.2 Å². The molecule has 2 heterocycles. The van der Waals surface area contributed by atoms with Gasteiger partial charge in [0.05, 0.1) is 5.56 Å². The maximum absolute atomic E-state index is 14.0. The van der Waals surface area contributed by atoms with Crippen LogP contribution in [-0.4, -0.2) is 54.9 Å². The van der Waals surface area contributed by atoms with Crippen molar-refractivity contribution < 1.29 is 22.1 Å². The molecule has 0 radical (unpaired) electrons. The fraction of sp³-hybridized carbons (Fsp3) is 0.412. The number of aryl methyl sites for hydroxylation is 2. The van der Waals surface area contributed by atoms with Gasteiger partial charge in [0.15, 0.2) is 5.76 Å². The van der Waals surface area contributed by atoms with Crippen LogP contribution in [0.25, 0.3) is 0 Å². The molecule has 7 nitrogen and oxygen atoms in total. The summed E-state index contributed by atoms with van der Waals surface area (Å²) >= 11 is 5.86. The number of carbonyl (C=O) groups is 1. The van der Waals surface area contributed by atoms with Gasteiger partial charge in [-0.05, 0) is 38.5 Å². The number of rotatable bonds is 3. The van der Waals surface area contributed by atoms with Crippen molar-refractivity contribution in [2.75, 3.05) is 26.2 Å². The number of aromatic nitrogens is 1. The summed E-state index contributed by atoms with van der Waals surface area (Å²) in [4.78, 5) is 14.2. The molecule has 1 saturated heterocycles. The second-order valence-corrected chi connectivity index (χ2v) is 8.64. The lowest BCUT2D eigenvalue weighted by Gasteiger charge is -2.22. The lowest BCUT2D eigenvalue weighted by atomic mass is 10.2. The molecule has 10 heteroatoms. The highest BCUT2D eigenvalue weighted by atomic mass is 35.5. The van der Waals surface area contributed by atoms with Crippen LogP contribution in [0.1, 0.15) is 28.2 Å². The van der Waals surface area contributed by atoms with E-state index in [0.29, 0.717) is 18.7 Å². The highest BCUT2D eigenvalue weighted by molar-refractivity contribution is 7.89. The molecule has 0 bridgehead atoms. The molecular formula is C17H19ClFN3O4S. The Hall–Kier alpha value is -1.97. The van der Waals surface area contributed by atoms with E-state index in [1.54, 1.807) is 13.8 Å². The van der Waals surface area contributed by atoms with Crippen molar-refractivity contribution in [1.29, 1.82) is 0 Å². The molecule has 0 saturated carbocycles. The molecule has 27 heavy (non-hydrogen) atoms. The maximum atomic E-state index is 14.0. The Morgan fingerprint density at radius 2 is 1.96 bits per heavy atom. The molecular weight excluding hydrogens is 397 g/mol. The summed E-state index contributed by atoms with van der Waals surface area (Å²) in [7, 11) is -3.79. The van der Waals surface area contributed by atoms with E-state index in [4.69, 9.17) is 16.1 Å². The first-order valence-corrected chi connectivity index (χ1v) is 10.2. The van der Waals surface area contributed by atoms with Crippen LogP contribution >= 0.6 is 11.6 Å². The van der Waals surface area contributed by atoms with E-state index in [-0.39, 0.29) is 40.9 Å². The molecule has 0 aliphatic carbocycles. The van der Waals surface area contributed by atoms with Gasteiger partial charge in [-0.15, -0.1) is 0 Å². The third kappa shape index (κ3) is 3.85. The molecule has 0 N–H and O–H groups in total. The zero-order chi connectivity index (χ0) is 19.8. The number of amides is 1. The largest absolute Gasteiger partial charge is 0.360 e. The molecule has 0 unspecified atom stereocenters. The Balaban J connectivity index is 1.80. The van der Waals surface area contributed by atoms with E-state index in [2.05, 4.69) is 5.16 Å². The minimum atomic E-state index is -3.79. The summed E-state index contributed by atoms with van der Waals surface area (Å²) in [6, 6.07) is 3.79. The zero-order valence-electron chi connectivity index (χ0n) is 14.9. The van der Waals surface area contributed by atoms with Gasteiger partial charge in [-0.3, -0.25) is 4.79 Å². The fourth-order valence-electron chi connectivity index (χ4n) is 3.14. The smallest absolute Gasteiger partial charge is 0.256 e. The van der Waals surface area contributed by atoms with Crippen molar-refractivity contribution in [3.63, 3.8) is 0 Å². The Morgan fingerprint density at radius 3 is 2.63 bits per heavy atom. The highest BCUT2D eigenvalue weighted by Gasteiger charge is 2.33. The number of carbonyl (C=O) groups excluding carboxylic acids is 1. The monoisotopic (exact) mass is 415 g/mol. The molecule has 0 spiro atoms. The minimum Gasteiger partial charge on any atom is -0.360 e. The number of sulfonamides is 1. The first-order chi connectivity index (χ1) is 12.7. The van der Waals surface area contributed by atoms with Crippen molar-refractivity contribution in [3.8, 4) is 0 Å². The van der Waals surface area contributed by atoms with Gasteiger partial charge in [-0.25, -0.2) is 12.8 Å². The van der Waals surface area contributed by atoms with Crippen LogP contribution < -0.4 is 0 Å². The van der Waals surface area contributed by atoms with Crippen molar-refractivity contribution in [2.24, 2.45) is 0 Å². The Morgan fingerprint density at radius 1 is 1.22 bits per heavy atom. The molecule has 1 fully saturated rings. The van der Waals surface area contributed by atoms with Gasteiger partial charge in [-0.2, -0.15) is 4.31 Å². The summed E-state index contributed by atoms with van der Waals surface area (Å²) in [6.45, 7) is 3.92. The molecule has 1 aliphatic heterocycles. The quantitative estimate of drug-likeness (QED) is 0.769. The van der Waals surface area contributed by atoms with Crippen molar-refractivity contribution >= 4 is 27.5 Å². The maximum Gasteiger partial charge on any atom is 0.256 e. The van der Waals surface area contributed by atoms with Gasteiger partial charge in [-0.1, -0.05) is 16.8 Å². The van der Waals surface area contributed by atoms with Crippen LogP contribution in [0.15, 0.2) is 27.6 Å². The highest BCUT2D eigenvalue weighted by Crippen LogP contribution is 2.25. The average molecular weight is 416 g/mol. The van der Waals surface area contributed by atoms with Gasteiger partial charge >= 0.3 is 0 Å². The second-order valence-electron chi connectivity index (χ2n) is 6.33. The lowest BCUT2D eigenvalue weighted by molar-refractivity contribution is 0.0759. The molecule has 1 aromatic carbocycles. The van der Waals surface area contributed by atoms with E-state index in [9.17, 15) is 17.6 Å². The molecule has 2 aromatic rings. The van der Waals surface area contributed by atoms with Crippen LogP contribution in [0.3, 0.4) is 0 Å². The summed E-state index contributed by atoms with van der Waals surface area (Å²) < 4.78 is 46.1. The van der Waals surface area contributed by atoms with E-state index in [1.807, 2.05) is 0 Å². The second kappa shape index (κ2) is 7.57. The van der Waals surface area contributed by atoms with Crippen LogP contribution in [-0.2, 0) is 10.0 Å². The predicted molar refractivity (Wildman–Crippen MR) is 96.7 cm³/mol. The van der Waals surface area contributed by atoms with Gasteiger partial charge in [0.25, 0.3) is 5.91 Å². The topological polar surface area (TPSA) is 83.7 Å². The van der Waals surface area contributed by atoms with Crippen LogP contribution in [0.5, 0.6) is 0 Å². The van der Waals surface area contributed by atoms with Crippen LogP contribution in [0, 0.1) is 19.7 Å². The van der Waals surface area contributed by atoms with Gasteiger partial charge in [0.1, 0.15) is 16.4 Å². The fourth-order valence-corrected chi connectivity index (χ4v) is 5.07. The van der Waals surface area contributed by atoms with Crippen LogP contribution in [0.2, 0.25) is 5.02 Å². The van der Waals surface area contributed by atoms with E-state index in [1.165, 1.54) is 21.3 Å². The van der Waals surface area contributed by atoms with Crippen LogP contribution in [0.4, 0.5) is 4.39 Å². The standard InChI is InChI=1S/C17H19ClFN3O4S/c1-11-16(12(2)26-20-11)27(24,25)22-7-3-6-21(8-9-22)17(23)14-10-13(18)4-5-15(14)19/h4-5,10H,3,6-9H2,1-2H3. The average Bonchev–Trinajstić information content (AvgIpc) is 2.83.